The molecule has 0 atom stereocenters. The van der Waals surface area contributed by atoms with Gasteiger partial charge in [0, 0.05) is 26.1 Å². The molecular formula is C10H18N4S. The monoisotopic (exact) mass is 226 g/mol. The highest BCUT2D eigenvalue weighted by Crippen LogP contribution is 2.16. The molecule has 0 unspecified atom stereocenters. The molecule has 1 fully saturated rings. The van der Waals surface area contributed by atoms with Crippen molar-refractivity contribution in [2.75, 3.05) is 18.1 Å². The van der Waals surface area contributed by atoms with Crippen LogP contribution in [0.25, 0.3) is 0 Å². The summed E-state index contributed by atoms with van der Waals surface area (Å²) in [6.45, 7) is 0.999. The van der Waals surface area contributed by atoms with E-state index in [0.717, 1.165) is 24.8 Å². The van der Waals surface area contributed by atoms with Gasteiger partial charge < -0.3 is 5.32 Å². The van der Waals surface area contributed by atoms with Crippen LogP contribution in [0.1, 0.15) is 18.7 Å². The van der Waals surface area contributed by atoms with Crippen molar-refractivity contribution in [1.82, 2.24) is 20.1 Å². The zero-order valence-electron chi connectivity index (χ0n) is 9.15. The number of thioether (sulfide) groups is 1. The first-order valence-electron chi connectivity index (χ1n) is 5.50. The summed E-state index contributed by atoms with van der Waals surface area (Å²) in [5.74, 6) is 3.55. The highest BCUT2D eigenvalue weighted by atomic mass is 32.2. The van der Waals surface area contributed by atoms with Gasteiger partial charge in [-0.3, -0.25) is 4.68 Å². The minimum atomic E-state index is 0.718. The van der Waals surface area contributed by atoms with E-state index in [1.165, 1.54) is 24.3 Å². The lowest BCUT2D eigenvalue weighted by atomic mass is 10.1. The molecular weight excluding hydrogens is 208 g/mol. The topological polar surface area (TPSA) is 42.7 Å². The normalized spacial score (nSPS) is 18.2. The van der Waals surface area contributed by atoms with Crippen LogP contribution in [0.15, 0.2) is 6.33 Å². The summed E-state index contributed by atoms with van der Waals surface area (Å²) in [7, 11) is 1.91. The van der Waals surface area contributed by atoms with E-state index in [-0.39, 0.29) is 0 Å². The Morgan fingerprint density at radius 3 is 3.00 bits per heavy atom. The summed E-state index contributed by atoms with van der Waals surface area (Å²) in [5.41, 5.74) is 0. The predicted octanol–water partition coefficient (Wildman–Crippen LogP) is 0.843. The Balaban J connectivity index is 1.65. The van der Waals surface area contributed by atoms with Crippen LogP contribution in [0.4, 0.5) is 0 Å². The number of rotatable bonds is 4. The fourth-order valence-corrected chi connectivity index (χ4v) is 2.89. The molecule has 1 aromatic rings. The summed E-state index contributed by atoms with van der Waals surface area (Å²) in [4.78, 5) is 4.21. The zero-order chi connectivity index (χ0) is 10.5. The highest BCUT2D eigenvalue weighted by molar-refractivity contribution is 7.99. The minimum absolute atomic E-state index is 0.718. The maximum Gasteiger partial charge on any atom is 0.151 e. The van der Waals surface area contributed by atoms with Crippen LogP contribution in [0.3, 0.4) is 0 Å². The van der Waals surface area contributed by atoms with E-state index in [4.69, 9.17) is 0 Å². The molecule has 0 bridgehead atoms. The minimum Gasteiger partial charge on any atom is -0.313 e. The number of nitrogens with zero attached hydrogens (tertiary/aromatic N) is 3. The average Bonchev–Trinajstić information content (AvgIpc) is 2.66. The van der Waals surface area contributed by atoms with Gasteiger partial charge in [-0.15, -0.1) is 0 Å². The molecule has 2 rings (SSSR count). The first-order valence-corrected chi connectivity index (χ1v) is 6.66. The Hall–Kier alpha value is -0.550. The second-order valence-electron chi connectivity index (χ2n) is 3.93. The summed E-state index contributed by atoms with van der Waals surface area (Å²) in [6, 6.07) is 0.718. The van der Waals surface area contributed by atoms with Crippen molar-refractivity contribution in [3.63, 3.8) is 0 Å². The molecule has 1 aromatic heterocycles. The van der Waals surface area contributed by atoms with Gasteiger partial charge in [0.15, 0.2) is 5.82 Å². The van der Waals surface area contributed by atoms with Crippen LogP contribution in [0, 0.1) is 0 Å². The van der Waals surface area contributed by atoms with Crippen LogP contribution < -0.4 is 5.32 Å². The third kappa shape index (κ3) is 3.50. The number of aryl methyl sites for hydroxylation is 1. The number of aromatic nitrogens is 3. The van der Waals surface area contributed by atoms with Crippen molar-refractivity contribution in [1.29, 1.82) is 0 Å². The summed E-state index contributed by atoms with van der Waals surface area (Å²) >= 11 is 2.06. The Bertz CT molecular complexity index is 293. The highest BCUT2D eigenvalue weighted by Gasteiger charge is 2.12. The molecule has 0 radical (unpaired) electrons. The fraction of sp³-hybridized carbons (Fsp3) is 0.800. The largest absolute Gasteiger partial charge is 0.313 e. The average molecular weight is 226 g/mol. The van der Waals surface area contributed by atoms with Gasteiger partial charge in [-0.25, -0.2) is 4.98 Å². The molecule has 1 N–H and O–H groups in total. The molecule has 1 saturated heterocycles. The van der Waals surface area contributed by atoms with Crippen molar-refractivity contribution in [3.8, 4) is 0 Å². The molecule has 0 spiro atoms. The first kappa shape index (κ1) is 11.0. The number of hydrogen-bond donors (Lipinski definition) is 1. The van der Waals surface area contributed by atoms with Crippen molar-refractivity contribution in [2.45, 2.75) is 25.3 Å². The standard InChI is InChI=1S/C10H18N4S/c1-14-8-12-10(13-14)2-5-11-9-3-6-15-7-4-9/h8-9,11H,2-7H2,1H3. The van der Waals surface area contributed by atoms with Crippen LogP contribution in [-0.4, -0.2) is 38.9 Å². The van der Waals surface area contributed by atoms with E-state index in [0.29, 0.717) is 0 Å². The molecule has 0 aliphatic carbocycles. The van der Waals surface area contributed by atoms with E-state index < -0.39 is 0 Å². The van der Waals surface area contributed by atoms with E-state index in [1.54, 1.807) is 11.0 Å². The zero-order valence-corrected chi connectivity index (χ0v) is 9.96. The molecule has 5 heteroatoms. The Labute approximate surface area is 94.8 Å². The molecule has 0 amide bonds. The van der Waals surface area contributed by atoms with Gasteiger partial charge in [0.1, 0.15) is 6.33 Å². The van der Waals surface area contributed by atoms with E-state index >= 15 is 0 Å². The van der Waals surface area contributed by atoms with E-state index in [2.05, 4.69) is 27.2 Å². The quantitative estimate of drug-likeness (QED) is 0.826. The van der Waals surface area contributed by atoms with Crippen molar-refractivity contribution in [2.24, 2.45) is 7.05 Å². The second kappa shape index (κ2) is 5.51. The van der Waals surface area contributed by atoms with Gasteiger partial charge in [0.05, 0.1) is 0 Å². The van der Waals surface area contributed by atoms with Crippen molar-refractivity contribution in [3.05, 3.63) is 12.2 Å². The third-order valence-electron chi connectivity index (χ3n) is 2.65. The molecule has 0 saturated carbocycles. The Kier molecular flexibility index (Phi) is 4.02. The van der Waals surface area contributed by atoms with Gasteiger partial charge in [-0.05, 0) is 24.3 Å². The van der Waals surface area contributed by atoms with Gasteiger partial charge >= 0.3 is 0 Å². The van der Waals surface area contributed by atoms with Gasteiger partial charge in [-0.1, -0.05) is 0 Å². The van der Waals surface area contributed by atoms with Crippen LogP contribution in [0.2, 0.25) is 0 Å². The first-order chi connectivity index (χ1) is 7.34. The number of nitrogens with one attached hydrogen (secondary N) is 1. The lowest BCUT2D eigenvalue weighted by Crippen LogP contribution is -2.34. The lowest BCUT2D eigenvalue weighted by molar-refractivity contribution is 0.483. The lowest BCUT2D eigenvalue weighted by Gasteiger charge is -2.22. The molecule has 1 aliphatic heterocycles. The van der Waals surface area contributed by atoms with Crippen LogP contribution in [0.5, 0.6) is 0 Å². The molecule has 2 heterocycles. The Morgan fingerprint density at radius 1 is 1.53 bits per heavy atom. The maximum atomic E-state index is 4.25. The summed E-state index contributed by atoms with van der Waals surface area (Å²) < 4.78 is 1.76. The van der Waals surface area contributed by atoms with Crippen molar-refractivity contribution < 1.29 is 0 Å². The number of hydrogen-bond acceptors (Lipinski definition) is 4. The third-order valence-corrected chi connectivity index (χ3v) is 3.70. The smallest absolute Gasteiger partial charge is 0.151 e. The summed E-state index contributed by atoms with van der Waals surface area (Å²) in [6.07, 6.45) is 5.30. The molecule has 1 aliphatic rings. The fourth-order valence-electron chi connectivity index (χ4n) is 1.79. The molecule has 15 heavy (non-hydrogen) atoms. The van der Waals surface area contributed by atoms with E-state index in [9.17, 15) is 0 Å². The molecule has 4 nitrogen and oxygen atoms in total. The SMILES string of the molecule is Cn1cnc(CCNC2CCSCC2)n1. The summed E-state index contributed by atoms with van der Waals surface area (Å²) in [5, 5.41) is 7.83. The molecule has 0 aromatic carbocycles. The second-order valence-corrected chi connectivity index (χ2v) is 5.15. The predicted molar refractivity (Wildman–Crippen MR) is 63.1 cm³/mol. The Morgan fingerprint density at radius 2 is 2.33 bits per heavy atom. The van der Waals surface area contributed by atoms with Crippen molar-refractivity contribution >= 4 is 11.8 Å². The maximum absolute atomic E-state index is 4.25. The van der Waals surface area contributed by atoms with Gasteiger partial charge in [0.25, 0.3) is 0 Å². The van der Waals surface area contributed by atoms with Gasteiger partial charge in [0.2, 0.25) is 0 Å². The van der Waals surface area contributed by atoms with Gasteiger partial charge in [-0.2, -0.15) is 16.9 Å². The molecule has 84 valence electrons. The van der Waals surface area contributed by atoms with Crippen LogP contribution >= 0.6 is 11.8 Å². The van der Waals surface area contributed by atoms with E-state index in [1.807, 2.05) is 7.05 Å². The van der Waals surface area contributed by atoms with Crippen LogP contribution in [-0.2, 0) is 13.5 Å².